The highest BCUT2D eigenvalue weighted by atomic mass is 16.4. The van der Waals surface area contributed by atoms with Crippen LogP contribution in [0.25, 0.3) is 0 Å². The first kappa shape index (κ1) is 27.8. The fraction of sp³-hybridized carbons (Fsp3) is 0.714. The van der Waals surface area contributed by atoms with E-state index < -0.39 is 60.2 Å². The summed E-state index contributed by atoms with van der Waals surface area (Å²) in [5, 5.41) is 21.0. The molecule has 14 heteroatoms. The number of hydrogen-bond acceptors (Lipinski definition) is 7. The van der Waals surface area contributed by atoms with E-state index in [1.165, 1.54) is 9.80 Å². The average Bonchev–Trinajstić information content (AvgIpc) is 3.48. The van der Waals surface area contributed by atoms with Crippen LogP contribution in [0, 0.1) is 0 Å². The average molecular weight is 498 g/mol. The Hall–Kier alpha value is -3.42. The van der Waals surface area contributed by atoms with E-state index in [2.05, 4.69) is 10.3 Å². The number of carboxylic acid groups (broad SMARTS) is 2. The van der Waals surface area contributed by atoms with Gasteiger partial charge in [-0.15, -0.1) is 0 Å². The van der Waals surface area contributed by atoms with E-state index in [1.54, 1.807) is 0 Å². The minimum Gasteiger partial charge on any atom is -0.481 e. The predicted octanol–water partition coefficient (Wildman–Crippen LogP) is -2.22. The van der Waals surface area contributed by atoms with Gasteiger partial charge in [0.25, 0.3) is 0 Å². The number of carbonyl (C=O) groups is 5. The predicted molar refractivity (Wildman–Crippen MR) is 124 cm³/mol. The highest BCUT2D eigenvalue weighted by Gasteiger charge is 2.40. The zero-order valence-electron chi connectivity index (χ0n) is 19.6. The summed E-state index contributed by atoms with van der Waals surface area (Å²) < 4.78 is 0. The number of likely N-dealkylation sites (tertiary alicyclic amines) is 2. The monoisotopic (exact) mass is 497 g/mol. The van der Waals surface area contributed by atoms with Crippen molar-refractivity contribution in [1.29, 1.82) is 0 Å². The third-order valence-corrected chi connectivity index (χ3v) is 6.21. The Balaban J connectivity index is 2.06. The maximum absolute atomic E-state index is 13.1. The number of carboxylic acids is 2. The van der Waals surface area contributed by atoms with Crippen LogP contribution in [0.15, 0.2) is 4.99 Å². The van der Waals surface area contributed by atoms with Crippen LogP contribution in [-0.4, -0.2) is 99.4 Å². The van der Waals surface area contributed by atoms with Crippen molar-refractivity contribution < 1.29 is 34.2 Å². The van der Waals surface area contributed by atoms with Gasteiger partial charge in [0, 0.05) is 26.1 Å². The smallest absolute Gasteiger partial charge is 0.326 e. The van der Waals surface area contributed by atoms with Gasteiger partial charge in [-0.1, -0.05) is 0 Å². The summed E-state index contributed by atoms with van der Waals surface area (Å²) in [4.78, 5) is 68.0. The van der Waals surface area contributed by atoms with Crippen LogP contribution in [0.4, 0.5) is 0 Å². The van der Waals surface area contributed by atoms with Gasteiger partial charge in [-0.25, -0.2) is 4.79 Å². The molecule has 0 aliphatic carbocycles. The molecule has 35 heavy (non-hydrogen) atoms. The standard InChI is InChI=1S/C21H35N7O7/c22-12(4-1-9-25-21(23)24)18(32)27-10-2-5-14(27)17(31)26-13(7-8-16(29)30)19(33)28-11-3-6-15(28)20(34)35/h12-15H,1-11,22H2,(H,26,31)(H,29,30)(H,34,35)(H4,23,24,25). The number of nitrogens with zero attached hydrogens (tertiary/aromatic N) is 3. The molecule has 2 saturated heterocycles. The molecule has 9 N–H and O–H groups in total. The molecule has 0 bridgehead atoms. The molecule has 14 nitrogen and oxygen atoms in total. The SMILES string of the molecule is NC(N)=NCCCC(N)C(=O)N1CCCC1C(=O)NC(CCC(=O)O)C(=O)N1CCCC1C(=O)O. The lowest BCUT2D eigenvalue weighted by Gasteiger charge is -2.30. The fourth-order valence-electron chi connectivity index (χ4n) is 4.44. The maximum Gasteiger partial charge on any atom is 0.326 e. The Labute approximate surface area is 202 Å². The lowest BCUT2D eigenvalue weighted by atomic mass is 10.1. The molecule has 2 heterocycles. The van der Waals surface area contributed by atoms with E-state index in [9.17, 15) is 29.1 Å². The number of nitrogens with two attached hydrogens (primary N) is 3. The number of guanidine groups is 1. The highest BCUT2D eigenvalue weighted by Crippen LogP contribution is 2.22. The second-order valence-electron chi connectivity index (χ2n) is 8.77. The number of aliphatic imine (C=N–C) groups is 1. The molecule has 0 spiro atoms. The van der Waals surface area contributed by atoms with Gasteiger partial charge in [-0.3, -0.25) is 24.2 Å². The molecule has 0 aromatic carbocycles. The van der Waals surface area contributed by atoms with Crippen LogP contribution in [-0.2, 0) is 24.0 Å². The third-order valence-electron chi connectivity index (χ3n) is 6.21. The Morgan fingerprint density at radius 1 is 0.943 bits per heavy atom. The Kier molecular flexibility index (Phi) is 10.2. The molecule has 0 aromatic rings. The lowest BCUT2D eigenvalue weighted by molar-refractivity contribution is -0.150. The van der Waals surface area contributed by atoms with Crippen molar-refractivity contribution in [3.05, 3.63) is 0 Å². The molecule has 3 amide bonds. The van der Waals surface area contributed by atoms with Gasteiger partial charge in [0.2, 0.25) is 17.7 Å². The minimum absolute atomic E-state index is 0.0585. The Morgan fingerprint density at radius 2 is 1.54 bits per heavy atom. The second-order valence-corrected chi connectivity index (χ2v) is 8.77. The van der Waals surface area contributed by atoms with Gasteiger partial charge in [-0.2, -0.15) is 0 Å². The first-order valence-corrected chi connectivity index (χ1v) is 11.7. The van der Waals surface area contributed by atoms with E-state index in [4.69, 9.17) is 22.3 Å². The van der Waals surface area contributed by atoms with Crippen LogP contribution in [0.5, 0.6) is 0 Å². The number of aliphatic carboxylic acids is 2. The molecule has 0 aromatic heterocycles. The zero-order valence-corrected chi connectivity index (χ0v) is 19.6. The second kappa shape index (κ2) is 12.9. The quantitative estimate of drug-likeness (QED) is 0.0965. The van der Waals surface area contributed by atoms with Crippen molar-refractivity contribution in [3.8, 4) is 0 Å². The molecule has 0 radical (unpaired) electrons. The van der Waals surface area contributed by atoms with Crippen molar-refractivity contribution in [3.63, 3.8) is 0 Å². The summed E-state index contributed by atoms with van der Waals surface area (Å²) in [6.45, 7) is 0.839. The van der Waals surface area contributed by atoms with Crippen LogP contribution in [0.3, 0.4) is 0 Å². The van der Waals surface area contributed by atoms with Gasteiger partial charge in [0.15, 0.2) is 5.96 Å². The Morgan fingerprint density at radius 3 is 2.11 bits per heavy atom. The highest BCUT2D eigenvalue weighted by molar-refractivity contribution is 5.94. The molecule has 2 aliphatic heterocycles. The summed E-state index contributed by atoms with van der Waals surface area (Å²) in [6.07, 6.45) is 1.89. The molecular weight excluding hydrogens is 462 g/mol. The van der Waals surface area contributed by atoms with Crippen LogP contribution >= 0.6 is 0 Å². The number of carbonyl (C=O) groups excluding carboxylic acids is 3. The van der Waals surface area contributed by atoms with E-state index in [0.29, 0.717) is 45.2 Å². The van der Waals surface area contributed by atoms with Gasteiger partial charge >= 0.3 is 11.9 Å². The summed E-state index contributed by atoms with van der Waals surface area (Å²) in [5.74, 6) is -4.02. The molecular formula is C21H35N7O7. The van der Waals surface area contributed by atoms with Gasteiger partial charge in [0.05, 0.1) is 6.04 Å². The topological polar surface area (TPSA) is 235 Å². The minimum atomic E-state index is -1.22. The number of nitrogens with one attached hydrogen (secondary N) is 1. The third kappa shape index (κ3) is 7.80. The fourth-order valence-corrected chi connectivity index (χ4v) is 4.44. The summed E-state index contributed by atoms with van der Waals surface area (Å²) in [5.41, 5.74) is 16.6. The van der Waals surface area contributed by atoms with Gasteiger partial charge in [0.1, 0.15) is 18.1 Å². The van der Waals surface area contributed by atoms with Crippen molar-refractivity contribution in [1.82, 2.24) is 15.1 Å². The summed E-state index contributed by atoms with van der Waals surface area (Å²) in [7, 11) is 0. The molecule has 2 fully saturated rings. The first-order valence-electron chi connectivity index (χ1n) is 11.7. The molecule has 0 saturated carbocycles. The van der Waals surface area contributed by atoms with E-state index in [1.807, 2.05) is 0 Å². The molecule has 2 aliphatic rings. The zero-order chi connectivity index (χ0) is 26.1. The van der Waals surface area contributed by atoms with Gasteiger partial charge < -0.3 is 42.5 Å². The summed E-state index contributed by atoms with van der Waals surface area (Å²) >= 11 is 0. The molecule has 2 rings (SSSR count). The number of hydrogen-bond donors (Lipinski definition) is 6. The molecule has 4 unspecified atom stereocenters. The normalized spacial score (nSPS) is 21.3. The van der Waals surface area contributed by atoms with Crippen molar-refractivity contribution in [2.45, 2.75) is 75.5 Å². The van der Waals surface area contributed by atoms with E-state index in [0.717, 1.165) is 0 Å². The van der Waals surface area contributed by atoms with Crippen LogP contribution < -0.4 is 22.5 Å². The van der Waals surface area contributed by atoms with E-state index in [-0.39, 0.29) is 25.3 Å². The number of rotatable bonds is 12. The maximum atomic E-state index is 13.1. The van der Waals surface area contributed by atoms with Crippen molar-refractivity contribution in [2.24, 2.45) is 22.2 Å². The van der Waals surface area contributed by atoms with Crippen molar-refractivity contribution >= 4 is 35.6 Å². The Bertz CT molecular complexity index is 846. The molecule has 4 atom stereocenters. The number of amides is 3. The van der Waals surface area contributed by atoms with E-state index >= 15 is 0 Å². The summed E-state index contributed by atoms with van der Waals surface area (Å²) in [6, 6.07) is -3.96. The largest absolute Gasteiger partial charge is 0.481 e. The van der Waals surface area contributed by atoms with Crippen LogP contribution in [0.1, 0.15) is 51.4 Å². The van der Waals surface area contributed by atoms with Crippen LogP contribution in [0.2, 0.25) is 0 Å². The van der Waals surface area contributed by atoms with Crippen molar-refractivity contribution in [2.75, 3.05) is 19.6 Å². The molecule has 196 valence electrons. The lowest BCUT2D eigenvalue weighted by Crippen LogP contribution is -2.56. The van der Waals surface area contributed by atoms with Gasteiger partial charge in [-0.05, 0) is 44.9 Å². The first-order chi connectivity index (χ1) is 16.5.